The van der Waals surface area contributed by atoms with E-state index in [1.165, 1.54) is 15.6 Å². The number of thiazole rings is 1. The molecule has 33 heavy (non-hydrogen) atoms. The van der Waals surface area contributed by atoms with Gasteiger partial charge in [-0.3, -0.25) is 0 Å². The summed E-state index contributed by atoms with van der Waals surface area (Å²) in [4.78, 5) is 6.78. The minimum absolute atomic E-state index is 0.314. The van der Waals surface area contributed by atoms with Gasteiger partial charge in [-0.05, 0) is 49.4 Å². The van der Waals surface area contributed by atoms with Crippen LogP contribution in [-0.4, -0.2) is 61.2 Å². The van der Waals surface area contributed by atoms with Crippen molar-refractivity contribution >= 4 is 37.4 Å². The predicted octanol–water partition coefficient (Wildman–Crippen LogP) is 3.58. The maximum absolute atomic E-state index is 13.2. The number of hydrogen-bond acceptors (Lipinski definition) is 8. The van der Waals surface area contributed by atoms with Crippen LogP contribution in [-0.2, 0) is 10.0 Å². The Morgan fingerprint density at radius 3 is 2.52 bits per heavy atom. The average molecular weight is 482 g/mol. The second-order valence-electron chi connectivity index (χ2n) is 7.76. The van der Waals surface area contributed by atoms with E-state index in [-0.39, 0.29) is 0 Å². The van der Waals surface area contributed by atoms with Crippen LogP contribution in [0.5, 0.6) is 5.75 Å². The number of aromatic nitrogens is 3. The topological polar surface area (TPSA) is 88.5 Å². The Kier molecular flexibility index (Phi) is 5.73. The summed E-state index contributed by atoms with van der Waals surface area (Å²) < 4.78 is 34.1. The lowest BCUT2D eigenvalue weighted by atomic mass is 10.1. The lowest BCUT2D eigenvalue weighted by Crippen LogP contribution is -2.48. The number of methoxy groups -OCH3 is 1. The van der Waals surface area contributed by atoms with Crippen molar-refractivity contribution in [2.45, 2.75) is 11.8 Å². The molecule has 0 bridgehead atoms. The Labute approximate surface area is 196 Å². The van der Waals surface area contributed by atoms with E-state index in [1.54, 1.807) is 25.3 Å². The van der Waals surface area contributed by atoms with E-state index in [1.807, 2.05) is 43.3 Å². The maximum atomic E-state index is 13.2. The average Bonchev–Trinajstić information content (AvgIpc) is 3.23. The number of ether oxygens (including phenoxy) is 1. The fraction of sp³-hybridized carbons (Fsp3) is 0.261. The summed E-state index contributed by atoms with van der Waals surface area (Å²) in [5.41, 5.74) is 2.52. The van der Waals surface area contributed by atoms with Crippen molar-refractivity contribution in [3.63, 3.8) is 0 Å². The summed E-state index contributed by atoms with van der Waals surface area (Å²) in [5.74, 6) is 1.50. The number of rotatable bonds is 5. The Hall–Kier alpha value is -3.08. The molecule has 2 aromatic carbocycles. The molecule has 8 nitrogen and oxygen atoms in total. The molecule has 0 radical (unpaired) electrons. The summed E-state index contributed by atoms with van der Waals surface area (Å²) in [6.07, 6.45) is 0. The van der Waals surface area contributed by atoms with Gasteiger partial charge < -0.3 is 9.64 Å². The van der Waals surface area contributed by atoms with Gasteiger partial charge in [0.05, 0.1) is 32.9 Å². The lowest BCUT2D eigenvalue weighted by molar-refractivity contribution is 0.383. The quantitative estimate of drug-likeness (QED) is 0.430. The molecule has 0 atom stereocenters. The molecule has 0 aliphatic carbocycles. The van der Waals surface area contributed by atoms with Crippen LogP contribution in [0.4, 0.5) is 5.82 Å². The Morgan fingerprint density at radius 1 is 0.970 bits per heavy atom. The maximum Gasteiger partial charge on any atom is 0.243 e. The Bertz CT molecular complexity index is 1400. The summed E-state index contributed by atoms with van der Waals surface area (Å²) in [6.45, 7) is 3.80. The fourth-order valence-corrected chi connectivity index (χ4v) is 6.31. The highest BCUT2D eigenvalue weighted by Crippen LogP contribution is 2.27. The van der Waals surface area contributed by atoms with Crippen LogP contribution in [0.15, 0.2) is 59.5 Å². The molecule has 0 saturated carbocycles. The van der Waals surface area contributed by atoms with Crippen LogP contribution in [0.1, 0.15) is 5.01 Å². The minimum atomic E-state index is -3.56. The molecule has 4 aromatic rings. The molecule has 0 spiro atoms. The summed E-state index contributed by atoms with van der Waals surface area (Å²) in [6, 6.07) is 16.7. The molecule has 1 aliphatic heterocycles. The van der Waals surface area contributed by atoms with Gasteiger partial charge in [0.15, 0.2) is 5.82 Å². The first-order valence-electron chi connectivity index (χ1n) is 10.5. The zero-order valence-electron chi connectivity index (χ0n) is 18.3. The predicted molar refractivity (Wildman–Crippen MR) is 129 cm³/mol. The van der Waals surface area contributed by atoms with E-state index in [4.69, 9.17) is 4.74 Å². The number of anilines is 1. The third-order valence-electron chi connectivity index (χ3n) is 5.68. The van der Waals surface area contributed by atoms with Gasteiger partial charge in [-0.25, -0.2) is 13.4 Å². The largest absolute Gasteiger partial charge is 0.497 e. The second-order valence-corrected chi connectivity index (χ2v) is 10.9. The summed E-state index contributed by atoms with van der Waals surface area (Å²) >= 11 is 1.50. The first-order valence-corrected chi connectivity index (χ1v) is 12.8. The van der Waals surface area contributed by atoms with Crippen molar-refractivity contribution in [3.8, 4) is 17.0 Å². The molecule has 3 heterocycles. The van der Waals surface area contributed by atoms with Gasteiger partial charge in [-0.2, -0.15) is 4.31 Å². The van der Waals surface area contributed by atoms with Crippen LogP contribution in [0.2, 0.25) is 0 Å². The number of piperazine rings is 1. The fourth-order valence-electron chi connectivity index (χ4n) is 3.92. The molecule has 170 valence electrons. The smallest absolute Gasteiger partial charge is 0.243 e. The molecule has 5 rings (SSSR count). The number of sulfonamides is 1. The molecule has 0 N–H and O–H groups in total. The molecule has 1 fully saturated rings. The van der Waals surface area contributed by atoms with E-state index in [9.17, 15) is 8.42 Å². The highest BCUT2D eigenvalue weighted by atomic mass is 32.2. The van der Waals surface area contributed by atoms with E-state index >= 15 is 0 Å². The van der Waals surface area contributed by atoms with Crippen LogP contribution in [0.3, 0.4) is 0 Å². The number of nitrogens with zero attached hydrogens (tertiary/aromatic N) is 5. The number of hydrogen-bond donors (Lipinski definition) is 0. The van der Waals surface area contributed by atoms with Gasteiger partial charge in [0.1, 0.15) is 5.75 Å². The van der Waals surface area contributed by atoms with Gasteiger partial charge in [0.25, 0.3) is 0 Å². The van der Waals surface area contributed by atoms with Gasteiger partial charge in [0.2, 0.25) is 10.0 Å². The zero-order valence-corrected chi connectivity index (χ0v) is 19.9. The molecular formula is C23H23N5O3S2. The van der Waals surface area contributed by atoms with Crippen molar-refractivity contribution in [1.82, 2.24) is 19.5 Å². The van der Waals surface area contributed by atoms with Crippen LogP contribution < -0.4 is 9.64 Å². The molecule has 0 unspecified atom stereocenters. The van der Waals surface area contributed by atoms with Crippen molar-refractivity contribution in [1.29, 1.82) is 0 Å². The molecule has 2 aromatic heterocycles. The highest BCUT2D eigenvalue weighted by molar-refractivity contribution is 7.89. The second kappa shape index (κ2) is 8.69. The van der Waals surface area contributed by atoms with Gasteiger partial charge in [-0.15, -0.1) is 21.5 Å². The number of benzene rings is 2. The van der Waals surface area contributed by atoms with E-state index in [2.05, 4.69) is 20.1 Å². The van der Waals surface area contributed by atoms with Crippen LogP contribution in [0.25, 0.3) is 21.5 Å². The van der Waals surface area contributed by atoms with Crippen molar-refractivity contribution in [2.75, 3.05) is 38.2 Å². The number of fused-ring (bicyclic) bond motifs is 1. The van der Waals surface area contributed by atoms with E-state index in [0.717, 1.165) is 38.0 Å². The molecule has 10 heteroatoms. The highest BCUT2D eigenvalue weighted by Gasteiger charge is 2.29. The first-order chi connectivity index (χ1) is 15.9. The third kappa shape index (κ3) is 4.29. The van der Waals surface area contributed by atoms with E-state index in [0.29, 0.717) is 31.1 Å². The molecule has 0 amide bonds. The first kappa shape index (κ1) is 21.7. The van der Waals surface area contributed by atoms with E-state index < -0.39 is 10.0 Å². The van der Waals surface area contributed by atoms with Crippen LogP contribution in [0, 0.1) is 6.92 Å². The molecule has 1 saturated heterocycles. The molecule has 1 aliphatic rings. The summed E-state index contributed by atoms with van der Waals surface area (Å²) in [5, 5.41) is 9.66. The monoisotopic (exact) mass is 481 g/mol. The van der Waals surface area contributed by atoms with Gasteiger partial charge in [0, 0.05) is 31.7 Å². The SMILES string of the molecule is COc1cccc(-c2ccc(N3CCN(S(=O)(=O)c4ccc5nc(C)sc5c4)CC3)nn2)c1. The lowest BCUT2D eigenvalue weighted by Gasteiger charge is -2.34. The number of aryl methyl sites for hydroxylation is 1. The van der Waals surface area contributed by atoms with Crippen LogP contribution >= 0.6 is 11.3 Å². The normalized spacial score (nSPS) is 15.2. The van der Waals surface area contributed by atoms with Gasteiger partial charge in [-0.1, -0.05) is 12.1 Å². The Morgan fingerprint density at radius 2 is 1.79 bits per heavy atom. The summed E-state index contributed by atoms with van der Waals surface area (Å²) in [7, 11) is -1.93. The zero-order chi connectivity index (χ0) is 23.0. The Balaban J connectivity index is 1.28. The minimum Gasteiger partial charge on any atom is -0.497 e. The van der Waals surface area contributed by atoms with Crippen molar-refractivity contribution in [2.24, 2.45) is 0 Å². The standard InChI is InChI=1S/C23H23N5O3S2/c1-16-24-21-7-6-19(15-22(21)32-16)33(29,30)28-12-10-27(11-13-28)23-9-8-20(25-26-23)17-4-3-5-18(14-17)31-2/h3-9,14-15H,10-13H2,1-2H3. The van der Waals surface area contributed by atoms with Gasteiger partial charge >= 0.3 is 0 Å². The molecular weight excluding hydrogens is 458 g/mol. The van der Waals surface area contributed by atoms with Crippen molar-refractivity contribution < 1.29 is 13.2 Å². The van der Waals surface area contributed by atoms with Crippen molar-refractivity contribution in [3.05, 3.63) is 59.6 Å². The third-order valence-corrected chi connectivity index (χ3v) is 8.51.